The van der Waals surface area contributed by atoms with Crippen molar-refractivity contribution in [2.45, 2.75) is 63.5 Å². The number of hydrogen-bond donors (Lipinski definition) is 2. The van der Waals surface area contributed by atoms with Gasteiger partial charge in [0.2, 0.25) is 0 Å². The van der Waals surface area contributed by atoms with E-state index in [1.807, 2.05) is 12.1 Å². The second-order valence-electron chi connectivity index (χ2n) is 9.27. The molecule has 4 rings (SSSR count). The van der Waals surface area contributed by atoms with E-state index in [-0.39, 0.29) is 11.5 Å². The van der Waals surface area contributed by atoms with Gasteiger partial charge in [0.05, 0.1) is 6.10 Å². The van der Waals surface area contributed by atoms with Crippen LogP contribution in [0.5, 0.6) is 0 Å². The predicted octanol–water partition coefficient (Wildman–Crippen LogP) is 2.72. The predicted molar refractivity (Wildman–Crippen MR) is 110 cm³/mol. The standard InChI is InChI=1S/C22H34N2O3S/c1-22(18-9-5-6-16(12-18)13-23-28(26)27)19-14-24(15-20(19)22)11-10-21(25)17-7-3-2-4-8-17/h5-6,9,12,17,19-21,23,25H,2-4,7-8,10-11,13-15H2,1H3,(H,26,27)/p-1. The molecular weight excluding hydrogens is 372 g/mol. The highest BCUT2D eigenvalue weighted by atomic mass is 32.2. The molecule has 2 saturated carbocycles. The molecule has 2 aliphatic carbocycles. The normalized spacial score (nSPS) is 32.8. The van der Waals surface area contributed by atoms with Crippen LogP contribution in [0.4, 0.5) is 0 Å². The van der Waals surface area contributed by atoms with Crippen molar-refractivity contribution in [3.05, 3.63) is 35.4 Å². The maximum atomic E-state index is 10.7. The number of aliphatic hydroxyl groups excluding tert-OH is 1. The Bertz CT molecular complexity index is 695. The first-order valence-electron chi connectivity index (χ1n) is 10.8. The van der Waals surface area contributed by atoms with Crippen molar-refractivity contribution < 1.29 is 13.9 Å². The Morgan fingerprint density at radius 2 is 2.00 bits per heavy atom. The molecule has 6 heteroatoms. The Morgan fingerprint density at radius 3 is 2.68 bits per heavy atom. The molecule has 2 N–H and O–H groups in total. The van der Waals surface area contributed by atoms with Crippen molar-refractivity contribution in [2.24, 2.45) is 17.8 Å². The van der Waals surface area contributed by atoms with Crippen molar-refractivity contribution in [3.63, 3.8) is 0 Å². The molecule has 0 bridgehead atoms. The summed E-state index contributed by atoms with van der Waals surface area (Å²) in [5.74, 6) is 1.88. The van der Waals surface area contributed by atoms with E-state index in [2.05, 4.69) is 28.7 Å². The fraction of sp³-hybridized carbons (Fsp3) is 0.727. The zero-order valence-corrected chi connectivity index (χ0v) is 17.6. The molecule has 1 heterocycles. The van der Waals surface area contributed by atoms with Crippen LogP contribution in [-0.4, -0.2) is 44.5 Å². The van der Waals surface area contributed by atoms with Gasteiger partial charge in [0.1, 0.15) is 0 Å². The molecule has 0 radical (unpaired) electrons. The Kier molecular flexibility index (Phi) is 6.23. The summed E-state index contributed by atoms with van der Waals surface area (Å²) in [5, 5.41) is 10.5. The molecule has 4 unspecified atom stereocenters. The minimum atomic E-state index is -2.22. The van der Waals surface area contributed by atoms with Crippen LogP contribution in [0.25, 0.3) is 0 Å². The molecule has 0 aromatic heterocycles. The fourth-order valence-electron chi connectivity index (χ4n) is 5.80. The van der Waals surface area contributed by atoms with E-state index in [9.17, 15) is 13.9 Å². The minimum Gasteiger partial charge on any atom is -0.760 e. The van der Waals surface area contributed by atoms with E-state index < -0.39 is 11.3 Å². The molecule has 5 nitrogen and oxygen atoms in total. The van der Waals surface area contributed by atoms with Crippen molar-refractivity contribution in [1.29, 1.82) is 0 Å². The van der Waals surface area contributed by atoms with Gasteiger partial charge < -0.3 is 14.6 Å². The quantitative estimate of drug-likeness (QED) is 0.652. The summed E-state index contributed by atoms with van der Waals surface area (Å²) < 4.78 is 23.9. The van der Waals surface area contributed by atoms with Gasteiger partial charge in [-0.1, -0.05) is 50.5 Å². The van der Waals surface area contributed by atoms with Crippen molar-refractivity contribution in [2.75, 3.05) is 19.6 Å². The Morgan fingerprint density at radius 1 is 1.29 bits per heavy atom. The summed E-state index contributed by atoms with van der Waals surface area (Å²) in [5.41, 5.74) is 2.56. The lowest BCUT2D eigenvalue weighted by Gasteiger charge is -2.29. The first-order valence-corrected chi connectivity index (χ1v) is 11.9. The molecular formula is C22H33N2O3S-. The molecule has 4 atom stereocenters. The number of piperidine rings is 1. The summed E-state index contributed by atoms with van der Waals surface area (Å²) >= 11 is -2.22. The van der Waals surface area contributed by atoms with E-state index in [1.165, 1.54) is 37.7 Å². The lowest BCUT2D eigenvalue weighted by molar-refractivity contribution is 0.0666. The van der Waals surface area contributed by atoms with E-state index in [4.69, 9.17) is 0 Å². The van der Waals surface area contributed by atoms with Crippen LogP contribution in [0.3, 0.4) is 0 Å². The maximum Gasteiger partial charge on any atom is 0.0580 e. The highest BCUT2D eigenvalue weighted by Gasteiger charge is 2.65. The lowest BCUT2D eigenvalue weighted by Crippen LogP contribution is -2.33. The number of nitrogens with zero attached hydrogens (tertiary/aromatic N) is 1. The number of aliphatic hydroxyl groups is 1. The lowest BCUT2D eigenvalue weighted by atomic mass is 9.84. The Labute approximate surface area is 171 Å². The summed E-state index contributed by atoms with van der Waals surface area (Å²) in [6, 6.07) is 8.37. The molecule has 0 spiro atoms. The van der Waals surface area contributed by atoms with E-state index in [0.717, 1.165) is 31.6 Å². The first-order chi connectivity index (χ1) is 13.5. The monoisotopic (exact) mass is 405 g/mol. The van der Waals surface area contributed by atoms with Gasteiger partial charge in [-0.2, -0.15) is 0 Å². The molecule has 1 aromatic rings. The van der Waals surface area contributed by atoms with Crippen molar-refractivity contribution >= 4 is 11.3 Å². The van der Waals surface area contributed by atoms with E-state index >= 15 is 0 Å². The van der Waals surface area contributed by atoms with E-state index in [1.54, 1.807) is 0 Å². The van der Waals surface area contributed by atoms with Gasteiger partial charge in [0.15, 0.2) is 0 Å². The average Bonchev–Trinajstić information content (AvgIpc) is 3.05. The minimum absolute atomic E-state index is 0.126. The molecule has 1 aliphatic heterocycles. The van der Waals surface area contributed by atoms with Crippen LogP contribution in [-0.2, 0) is 23.2 Å². The number of likely N-dealkylation sites (tertiary alicyclic amines) is 1. The van der Waals surface area contributed by atoms with Crippen LogP contribution in [0.2, 0.25) is 0 Å². The number of benzene rings is 1. The zero-order valence-electron chi connectivity index (χ0n) is 16.8. The van der Waals surface area contributed by atoms with Crippen LogP contribution in [0.1, 0.15) is 56.6 Å². The second kappa shape index (κ2) is 8.52. The topological polar surface area (TPSA) is 75.6 Å². The Balaban J connectivity index is 1.28. The van der Waals surface area contributed by atoms with Crippen LogP contribution in [0, 0.1) is 17.8 Å². The third-order valence-corrected chi connectivity index (χ3v) is 8.09. The number of fused-ring (bicyclic) bond motifs is 1. The number of nitrogens with one attached hydrogen (secondary N) is 1. The SMILES string of the molecule is CC1(c2cccc(CNS(=O)[O-])c2)C2CN(CCC(O)C3CCCCC3)CC21. The molecule has 156 valence electrons. The highest BCUT2D eigenvalue weighted by Crippen LogP contribution is 2.63. The summed E-state index contributed by atoms with van der Waals surface area (Å²) in [7, 11) is 0. The van der Waals surface area contributed by atoms with Gasteiger partial charge in [-0.25, -0.2) is 4.72 Å². The first kappa shape index (κ1) is 20.5. The molecule has 1 saturated heterocycles. The van der Waals surface area contributed by atoms with Gasteiger partial charge in [-0.15, -0.1) is 0 Å². The highest BCUT2D eigenvalue weighted by molar-refractivity contribution is 7.77. The molecule has 3 fully saturated rings. The van der Waals surface area contributed by atoms with Gasteiger partial charge in [0, 0.05) is 42.9 Å². The van der Waals surface area contributed by atoms with E-state index in [0.29, 0.717) is 24.3 Å². The fourth-order valence-corrected chi connectivity index (χ4v) is 6.09. The van der Waals surface area contributed by atoms with Gasteiger partial charge in [-0.05, 0) is 48.1 Å². The smallest absolute Gasteiger partial charge is 0.0580 e. The maximum absolute atomic E-state index is 10.7. The van der Waals surface area contributed by atoms with Crippen molar-refractivity contribution in [1.82, 2.24) is 9.62 Å². The summed E-state index contributed by atoms with van der Waals surface area (Å²) in [6.07, 6.45) is 7.10. The summed E-state index contributed by atoms with van der Waals surface area (Å²) in [6.45, 7) is 5.95. The molecule has 28 heavy (non-hydrogen) atoms. The van der Waals surface area contributed by atoms with Crippen LogP contribution >= 0.6 is 0 Å². The van der Waals surface area contributed by atoms with Crippen LogP contribution < -0.4 is 4.72 Å². The van der Waals surface area contributed by atoms with Crippen LogP contribution in [0.15, 0.2) is 24.3 Å². The number of hydrogen-bond acceptors (Lipinski definition) is 4. The average molecular weight is 406 g/mol. The largest absolute Gasteiger partial charge is 0.760 e. The number of rotatable bonds is 8. The van der Waals surface area contributed by atoms with Gasteiger partial charge in [0.25, 0.3) is 0 Å². The second-order valence-corrected chi connectivity index (χ2v) is 10.0. The van der Waals surface area contributed by atoms with Crippen molar-refractivity contribution in [3.8, 4) is 0 Å². The van der Waals surface area contributed by atoms with Gasteiger partial charge >= 0.3 is 0 Å². The molecule has 1 aromatic carbocycles. The third kappa shape index (κ3) is 4.21. The molecule has 0 amide bonds. The third-order valence-electron chi connectivity index (χ3n) is 7.71. The zero-order chi connectivity index (χ0) is 19.7. The summed E-state index contributed by atoms with van der Waals surface area (Å²) in [4.78, 5) is 2.54. The van der Waals surface area contributed by atoms with Gasteiger partial charge in [-0.3, -0.25) is 4.21 Å². The molecule has 3 aliphatic rings. The Hall–Kier alpha value is -0.790.